The van der Waals surface area contributed by atoms with Crippen LogP contribution in [-0.2, 0) is 16.4 Å². The molecule has 0 bridgehead atoms. The summed E-state index contributed by atoms with van der Waals surface area (Å²) in [7, 11) is -3.48. The Morgan fingerprint density at radius 2 is 2.04 bits per heavy atom. The summed E-state index contributed by atoms with van der Waals surface area (Å²) in [5.41, 5.74) is 6.28. The number of benzene rings is 1. The highest BCUT2D eigenvalue weighted by molar-refractivity contribution is 7.90. The number of sulfone groups is 1. The van der Waals surface area contributed by atoms with Crippen molar-refractivity contribution in [3.8, 4) is 0 Å². The molecule has 25 heavy (non-hydrogen) atoms. The second-order valence-electron chi connectivity index (χ2n) is 6.45. The summed E-state index contributed by atoms with van der Waals surface area (Å²) < 4.78 is 24.3. The van der Waals surface area contributed by atoms with Gasteiger partial charge in [-0.2, -0.15) is 5.10 Å². The largest absolute Gasteiger partial charge is 0.294 e. The standard InChI is InChI=1S/C16H21ClN4O3S/c1-25(23,24)14-8-7-12(16(22)11-5-3-2-4-6-11)15(17)13(14)9-21-19-10-18-20-21/h7-8,10-11,20H,2-6,9H2,1H3,(H,18,19). The molecular formula is C16H21ClN4O3S. The molecule has 1 saturated carbocycles. The van der Waals surface area contributed by atoms with Gasteiger partial charge in [0, 0.05) is 23.3 Å². The summed E-state index contributed by atoms with van der Waals surface area (Å²) in [6, 6.07) is 3.02. The molecule has 0 saturated heterocycles. The average Bonchev–Trinajstić information content (AvgIpc) is 3.09. The molecule has 0 radical (unpaired) electrons. The summed E-state index contributed by atoms with van der Waals surface area (Å²) in [5, 5.41) is 5.49. The van der Waals surface area contributed by atoms with Crippen molar-refractivity contribution in [2.45, 2.75) is 43.5 Å². The van der Waals surface area contributed by atoms with E-state index in [2.05, 4.69) is 16.1 Å². The van der Waals surface area contributed by atoms with Gasteiger partial charge in [-0.25, -0.2) is 14.0 Å². The Morgan fingerprint density at radius 1 is 1.32 bits per heavy atom. The molecule has 7 nitrogen and oxygen atoms in total. The quantitative estimate of drug-likeness (QED) is 0.757. The van der Waals surface area contributed by atoms with Crippen molar-refractivity contribution < 1.29 is 13.2 Å². The summed E-state index contributed by atoms with van der Waals surface area (Å²) in [4.78, 5) is 13.0. The van der Waals surface area contributed by atoms with Gasteiger partial charge < -0.3 is 0 Å². The zero-order valence-electron chi connectivity index (χ0n) is 14.0. The van der Waals surface area contributed by atoms with E-state index < -0.39 is 9.84 Å². The van der Waals surface area contributed by atoms with Crippen molar-refractivity contribution in [3.63, 3.8) is 0 Å². The van der Waals surface area contributed by atoms with Crippen LogP contribution >= 0.6 is 11.6 Å². The molecule has 2 aliphatic rings. The molecule has 1 fully saturated rings. The number of carbonyl (C=O) groups excluding carboxylic acids is 1. The van der Waals surface area contributed by atoms with E-state index in [-0.39, 0.29) is 28.2 Å². The van der Waals surface area contributed by atoms with Gasteiger partial charge in [-0.05, 0) is 25.0 Å². The molecule has 1 aromatic carbocycles. The first-order valence-corrected chi connectivity index (χ1v) is 10.5. The van der Waals surface area contributed by atoms with Gasteiger partial charge in [0.25, 0.3) is 0 Å². The van der Waals surface area contributed by atoms with Gasteiger partial charge in [0.1, 0.15) is 6.34 Å². The number of nitrogens with zero attached hydrogens (tertiary/aromatic N) is 2. The van der Waals surface area contributed by atoms with Crippen molar-refractivity contribution in [2.75, 3.05) is 6.26 Å². The number of rotatable bonds is 5. The Kier molecular flexibility index (Phi) is 5.31. The van der Waals surface area contributed by atoms with Gasteiger partial charge in [0.15, 0.2) is 15.6 Å². The van der Waals surface area contributed by atoms with E-state index in [1.165, 1.54) is 17.5 Å². The Morgan fingerprint density at radius 3 is 2.64 bits per heavy atom. The Balaban J connectivity index is 1.98. The third kappa shape index (κ3) is 3.96. The van der Waals surface area contributed by atoms with Crippen LogP contribution in [0.15, 0.2) is 22.1 Å². The van der Waals surface area contributed by atoms with Crippen LogP contribution in [-0.4, -0.2) is 31.9 Å². The fraction of sp³-hybridized carbons (Fsp3) is 0.500. The highest BCUT2D eigenvalue weighted by Crippen LogP contribution is 2.33. The number of carbonyl (C=O) groups is 1. The second kappa shape index (κ2) is 7.31. The lowest BCUT2D eigenvalue weighted by Crippen LogP contribution is -2.38. The van der Waals surface area contributed by atoms with Crippen LogP contribution in [0.3, 0.4) is 0 Å². The van der Waals surface area contributed by atoms with Crippen molar-refractivity contribution in [2.24, 2.45) is 11.0 Å². The monoisotopic (exact) mass is 384 g/mol. The molecule has 9 heteroatoms. The second-order valence-corrected chi connectivity index (χ2v) is 8.81. The Bertz CT molecular complexity index is 796. The number of hydrazine groups is 2. The summed E-state index contributed by atoms with van der Waals surface area (Å²) in [6.45, 7) is 0.146. The maximum absolute atomic E-state index is 12.9. The van der Waals surface area contributed by atoms with Crippen LogP contribution in [0.1, 0.15) is 48.0 Å². The lowest BCUT2D eigenvalue weighted by molar-refractivity contribution is 0.0889. The number of hydrazone groups is 1. The predicted octanol–water partition coefficient (Wildman–Crippen LogP) is 2.27. The van der Waals surface area contributed by atoms with Crippen molar-refractivity contribution in [3.05, 3.63) is 28.3 Å². The van der Waals surface area contributed by atoms with E-state index in [1.807, 2.05) is 0 Å². The van der Waals surface area contributed by atoms with Crippen LogP contribution in [0.2, 0.25) is 5.02 Å². The summed E-state index contributed by atoms with van der Waals surface area (Å²) in [5.74, 6) is -0.0286. The van der Waals surface area contributed by atoms with E-state index in [0.717, 1.165) is 38.4 Å². The van der Waals surface area contributed by atoms with Gasteiger partial charge in [-0.3, -0.25) is 10.2 Å². The van der Waals surface area contributed by atoms with Crippen molar-refractivity contribution in [1.29, 1.82) is 0 Å². The molecule has 0 aromatic heterocycles. The first-order valence-electron chi connectivity index (χ1n) is 8.24. The van der Waals surface area contributed by atoms with Crippen LogP contribution in [0, 0.1) is 5.92 Å². The molecule has 1 aliphatic heterocycles. The first kappa shape index (κ1) is 18.2. The smallest absolute Gasteiger partial charge is 0.175 e. The Hall–Kier alpha value is -1.64. The summed E-state index contributed by atoms with van der Waals surface area (Å²) >= 11 is 6.50. The zero-order chi connectivity index (χ0) is 18.0. The van der Waals surface area contributed by atoms with Crippen molar-refractivity contribution in [1.82, 2.24) is 16.1 Å². The third-order valence-electron chi connectivity index (χ3n) is 4.61. The molecule has 0 amide bonds. The topological polar surface area (TPSA) is 90.9 Å². The Labute approximate surface area is 152 Å². The van der Waals surface area contributed by atoms with E-state index >= 15 is 0 Å². The zero-order valence-corrected chi connectivity index (χ0v) is 15.5. The summed E-state index contributed by atoms with van der Waals surface area (Å²) in [6.07, 6.45) is 7.53. The number of Topliss-reactive ketones (excluding diaryl/α,β-unsaturated/α-hetero) is 1. The number of halogens is 1. The molecule has 0 unspecified atom stereocenters. The average molecular weight is 385 g/mol. The predicted molar refractivity (Wildman–Crippen MR) is 95.8 cm³/mol. The van der Waals surface area contributed by atoms with E-state index in [9.17, 15) is 13.2 Å². The highest BCUT2D eigenvalue weighted by Gasteiger charge is 2.28. The van der Waals surface area contributed by atoms with Gasteiger partial charge in [-0.15, -0.1) is 5.12 Å². The molecule has 1 heterocycles. The molecule has 1 aromatic rings. The van der Waals surface area contributed by atoms with Gasteiger partial charge in [-0.1, -0.05) is 30.9 Å². The minimum atomic E-state index is -3.48. The van der Waals surface area contributed by atoms with E-state index in [4.69, 9.17) is 11.6 Å². The van der Waals surface area contributed by atoms with Gasteiger partial charge in [0.2, 0.25) is 0 Å². The number of hydrogen-bond acceptors (Lipinski definition) is 7. The molecule has 3 rings (SSSR count). The van der Waals surface area contributed by atoms with E-state index in [1.54, 1.807) is 6.07 Å². The maximum Gasteiger partial charge on any atom is 0.175 e. The third-order valence-corrected chi connectivity index (χ3v) is 6.23. The van der Waals surface area contributed by atoms with Crippen LogP contribution in [0.25, 0.3) is 0 Å². The van der Waals surface area contributed by atoms with E-state index in [0.29, 0.717) is 11.1 Å². The van der Waals surface area contributed by atoms with Gasteiger partial charge in [0.05, 0.1) is 16.5 Å². The molecule has 136 valence electrons. The van der Waals surface area contributed by atoms with Crippen LogP contribution in [0.4, 0.5) is 0 Å². The molecular weight excluding hydrogens is 364 g/mol. The fourth-order valence-corrected chi connectivity index (χ4v) is 4.64. The van der Waals surface area contributed by atoms with Gasteiger partial charge >= 0.3 is 0 Å². The minimum Gasteiger partial charge on any atom is -0.294 e. The molecule has 1 aliphatic carbocycles. The van der Waals surface area contributed by atoms with Crippen LogP contribution < -0.4 is 11.0 Å². The normalized spacial score (nSPS) is 18.8. The number of nitrogens with one attached hydrogen (secondary N) is 2. The number of hydrogen-bond donors (Lipinski definition) is 2. The maximum atomic E-state index is 12.9. The number of ketones is 1. The van der Waals surface area contributed by atoms with Crippen molar-refractivity contribution >= 4 is 33.6 Å². The minimum absolute atomic E-state index is 0.00425. The SMILES string of the molecule is CS(=O)(=O)c1ccc(C(=O)C2CCCCC2)c(Cl)c1CN1NC=NN1. The fourth-order valence-electron chi connectivity index (χ4n) is 3.34. The first-order chi connectivity index (χ1) is 11.9. The molecule has 0 spiro atoms. The van der Waals surface area contributed by atoms with Crippen LogP contribution in [0.5, 0.6) is 0 Å². The lowest BCUT2D eigenvalue weighted by atomic mass is 9.83. The molecule has 0 atom stereocenters. The highest BCUT2D eigenvalue weighted by atomic mass is 35.5. The molecule has 2 N–H and O–H groups in total. The lowest BCUT2D eigenvalue weighted by Gasteiger charge is -2.23.